The van der Waals surface area contributed by atoms with Gasteiger partial charge in [0.25, 0.3) is 11.6 Å². The summed E-state index contributed by atoms with van der Waals surface area (Å²) in [5.41, 5.74) is 0.101. The van der Waals surface area contributed by atoms with Crippen molar-refractivity contribution in [2.45, 2.75) is 0 Å². The van der Waals surface area contributed by atoms with Crippen LogP contribution in [0, 0.1) is 10.1 Å². The highest BCUT2D eigenvalue weighted by Crippen LogP contribution is 2.27. The van der Waals surface area contributed by atoms with Crippen LogP contribution in [0.25, 0.3) is 33.9 Å². The zero-order valence-corrected chi connectivity index (χ0v) is 13.9. The molecule has 0 unspecified atom stereocenters. The molecule has 4 aromatic rings. The van der Waals surface area contributed by atoms with E-state index in [2.05, 4.69) is 10.2 Å². The van der Waals surface area contributed by atoms with E-state index < -0.39 is 10.5 Å². The summed E-state index contributed by atoms with van der Waals surface area (Å²) in [6.07, 6.45) is 0. The molecule has 9 heteroatoms. The monoisotopic (exact) mass is 365 g/mol. The standard InChI is InChI=1S/C18H11N3O6/c1-25-13-5-6-15-11(8-13)9-14(18(22)26-15)17-20-19-16(27-17)10-3-2-4-12(7-10)21(23)24/h2-9H,1H3. The van der Waals surface area contributed by atoms with Crippen LogP contribution in [0.1, 0.15) is 0 Å². The fourth-order valence-electron chi connectivity index (χ4n) is 2.58. The Bertz CT molecular complexity index is 1230. The summed E-state index contributed by atoms with van der Waals surface area (Å²) in [7, 11) is 1.53. The first-order valence-corrected chi connectivity index (χ1v) is 7.76. The van der Waals surface area contributed by atoms with E-state index in [1.165, 1.54) is 25.3 Å². The predicted octanol–water partition coefficient (Wildman–Crippen LogP) is 3.43. The Kier molecular flexibility index (Phi) is 3.88. The van der Waals surface area contributed by atoms with E-state index >= 15 is 0 Å². The minimum atomic E-state index is -0.637. The lowest BCUT2D eigenvalue weighted by molar-refractivity contribution is -0.384. The third kappa shape index (κ3) is 3.01. The van der Waals surface area contributed by atoms with Crippen molar-refractivity contribution in [2.24, 2.45) is 0 Å². The van der Waals surface area contributed by atoms with Crippen molar-refractivity contribution in [3.8, 4) is 28.7 Å². The van der Waals surface area contributed by atoms with E-state index in [1.807, 2.05) is 0 Å². The lowest BCUT2D eigenvalue weighted by Gasteiger charge is -2.02. The molecule has 0 N–H and O–H groups in total. The summed E-state index contributed by atoms with van der Waals surface area (Å²) < 4.78 is 16.0. The van der Waals surface area contributed by atoms with Crippen LogP contribution < -0.4 is 10.4 Å². The summed E-state index contributed by atoms with van der Waals surface area (Å²) in [4.78, 5) is 22.6. The Hall–Kier alpha value is -4.01. The molecule has 27 heavy (non-hydrogen) atoms. The van der Waals surface area contributed by atoms with Gasteiger partial charge in [-0.3, -0.25) is 10.1 Å². The molecule has 0 aliphatic heterocycles. The van der Waals surface area contributed by atoms with Gasteiger partial charge in [-0.1, -0.05) is 6.07 Å². The first kappa shape index (κ1) is 16.5. The second kappa shape index (κ2) is 6.37. The summed E-state index contributed by atoms with van der Waals surface area (Å²) in [5.74, 6) is 0.610. The Labute approximate surface area is 151 Å². The largest absolute Gasteiger partial charge is 0.497 e. The SMILES string of the molecule is COc1ccc2oc(=O)c(-c3nnc(-c4cccc([N+](=O)[O-])c4)o3)cc2c1. The van der Waals surface area contributed by atoms with Gasteiger partial charge in [0.05, 0.1) is 12.0 Å². The minimum Gasteiger partial charge on any atom is -0.497 e. The van der Waals surface area contributed by atoms with E-state index in [4.69, 9.17) is 13.6 Å². The van der Waals surface area contributed by atoms with Crippen molar-refractivity contribution in [2.75, 3.05) is 7.11 Å². The normalized spacial score (nSPS) is 10.9. The van der Waals surface area contributed by atoms with Crippen molar-refractivity contribution < 1.29 is 18.5 Å². The molecule has 0 amide bonds. The molecule has 0 saturated heterocycles. The number of aromatic nitrogens is 2. The van der Waals surface area contributed by atoms with E-state index in [1.54, 1.807) is 30.3 Å². The maximum absolute atomic E-state index is 12.3. The van der Waals surface area contributed by atoms with E-state index in [0.29, 0.717) is 22.3 Å². The maximum atomic E-state index is 12.3. The van der Waals surface area contributed by atoms with Crippen molar-refractivity contribution in [1.82, 2.24) is 10.2 Å². The van der Waals surface area contributed by atoms with E-state index in [9.17, 15) is 14.9 Å². The predicted molar refractivity (Wildman–Crippen MR) is 94.4 cm³/mol. The van der Waals surface area contributed by atoms with Gasteiger partial charge in [-0.15, -0.1) is 10.2 Å². The topological polar surface area (TPSA) is 122 Å². The first-order valence-electron chi connectivity index (χ1n) is 7.76. The van der Waals surface area contributed by atoms with Crippen molar-refractivity contribution in [1.29, 1.82) is 0 Å². The Morgan fingerprint density at radius 1 is 1.04 bits per heavy atom. The lowest BCUT2D eigenvalue weighted by atomic mass is 10.2. The number of nitrogens with zero attached hydrogens (tertiary/aromatic N) is 3. The van der Waals surface area contributed by atoms with E-state index in [0.717, 1.165) is 0 Å². The van der Waals surface area contributed by atoms with Crippen LogP contribution in [-0.2, 0) is 0 Å². The number of ether oxygens (including phenoxy) is 1. The van der Waals surface area contributed by atoms with Crippen molar-refractivity contribution >= 4 is 16.7 Å². The molecule has 0 atom stereocenters. The summed E-state index contributed by atoms with van der Waals surface area (Å²) in [6, 6.07) is 12.3. The smallest absolute Gasteiger partial charge is 0.349 e. The van der Waals surface area contributed by atoms with Crippen LogP contribution in [0.5, 0.6) is 5.75 Å². The molecule has 9 nitrogen and oxygen atoms in total. The molecule has 2 heterocycles. The van der Waals surface area contributed by atoms with Crippen LogP contribution in [-0.4, -0.2) is 22.2 Å². The number of nitro benzene ring substituents is 1. The molecule has 4 rings (SSSR count). The van der Waals surface area contributed by atoms with Gasteiger partial charge < -0.3 is 13.6 Å². The summed E-state index contributed by atoms with van der Waals surface area (Å²) in [6.45, 7) is 0. The third-order valence-corrected chi connectivity index (χ3v) is 3.90. The molecule has 0 fully saturated rings. The Balaban J connectivity index is 1.79. The van der Waals surface area contributed by atoms with Crippen LogP contribution in [0.4, 0.5) is 5.69 Å². The first-order chi connectivity index (χ1) is 13.0. The molecule has 0 saturated carbocycles. The molecular weight excluding hydrogens is 354 g/mol. The average molecular weight is 365 g/mol. The van der Waals surface area contributed by atoms with Crippen LogP contribution in [0.3, 0.4) is 0 Å². The van der Waals surface area contributed by atoms with E-state index in [-0.39, 0.29) is 23.0 Å². The number of non-ortho nitro benzene ring substituents is 1. The van der Waals surface area contributed by atoms with Crippen LogP contribution in [0.15, 0.2) is 62.2 Å². The van der Waals surface area contributed by atoms with Crippen LogP contribution in [0.2, 0.25) is 0 Å². The highest BCUT2D eigenvalue weighted by atomic mass is 16.6. The van der Waals surface area contributed by atoms with Gasteiger partial charge in [-0.2, -0.15) is 0 Å². The van der Waals surface area contributed by atoms with Crippen molar-refractivity contribution in [3.63, 3.8) is 0 Å². The zero-order chi connectivity index (χ0) is 19.0. The molecule has 134 valence electrons. The highest BCUT2D eigenvalue weighted by Gasteiger charge is 2.17. The fourth-order valence-corrected chi connectivity index (χ4v) is 2.58. The second-order valence-electron chi connectivity index (χ2n) is 5.57. The number of hydrogen-bond donors (Lipinski definition) is 0. The number of fused-ring (bicyclic) bond motifs is 1. The second-order valence-corrected chi connectivity index (χ2v) is 5.57. The third-order valence-electron chi connectivity index (χ3n) is 3.90. The Morgan fingerprint density at radius 2 is 1.85 bits per heavy atom. The van der Waals surface area contributed by atoms with Crippen LogP contribution >= 0.6 is 0 Å². The van der Waals surface area contributed by atoms with Gasteiger partial charge in [0.15, 0.2) is 0 Å². The van der Waals surface area contributed by atoms with Gasteiger partial charge >= 0.3 is 5.63 Å². The fraction of sp³-hybridized carbons (Fsp3) is 0.0556. The van der Waals surface area contributed by atoms with Crippen molar-refractivity contribution in [3.05, 3.63) is 69.1 Å². The van der Waals surface area contributed by atoms with Gasteiger partial charge in [-0.25, -0.2) is 4.79 Å². The molecule has 0 bridgehead atoms. The quantitative estimate of drug-likeness (QED) is 0.306. The molecule has 0 aliphatic carbocycles. The number of methoxy groups -OCH3 is 1. The molecule has 0 radical (unpaired) electrons. The highest BCUT2D eigenvalue weighted by molar-refractivity contribution is 5.81. The summed E-state index contributed by atoms with van der Waals surface area (Å²) >= 11 is 0. The lowest BCUT2D eigenvalue weighted by Crippen LogP contribution is -2.02. The zero-order valence-electron chi connectivity index (χ0n) is 13.9. The minimum absolute atomic E-state index is 0.0463. The molecule has 0 aliphatic rings. The van der Waals surface area contributed by atoms with Gasteiger partial charge in [0.2, 0.25) is 5.89 Å². The Morgan fingerprint density at radius 3 is 2.63 bits per heavy atom. The number of benzene rings is 2. The van der Waals surface area contributed by atoms with Gasteiger partial charge in [0, 0.05) is 23.1 Å². The molecule has 2 aromatic carbocycles. The van der Waals surface area contributed by atoms with Gasteiger partial charge in [-0.05, 0) is 30.3 Å². The van der Waals surface area contributed by atoms with Gasteiger partial charge in [0.1, 0.15) is 16.9 Å². The average Bonchev–Trinajstić information content (AvgIpc) is 3.17. The number of rotatable bonds is 4. The summed E-state index contributed by atoms with van der Waals surface area (Å²) in [5, 5.41) is 19.3. The number of hydrogen-bond acceptors (Lipinski definition) is 8. The number of nitro groups is 1. The molecular formula is C18H11N3O6. The molecule has 2 aromatic heterocycles. The maximum Gasteiger partial charge on any atom is 0.349 e. The molecule has 0 spiro atoms.